The van der Waals surface area contributed by atoms with Crippen molar-refractivity contribution in [1.29, 1.82) is 0 Å². The molecule has 0 N–H and O–H groups in total. The van der Waals surface area contributed by atoms with Crippen LogP contribution in [0.25, 0.3) is 0 Å². The van der Waals surface area contributed by atoms with E-state index in [1.807, 2.05) is 24.3 Å². The minimum absolute atomic E-state index is 0.270. The Bertz CT molecular complexity index is 461. The molecule has 0 radical (unpaired) electrons. The van der Waals surface area contributed by atoms with Crippen LogP contribution in [0.15, 0.2) is 41.1 Å². The average Bonchev–Trinajstić information content (AvgIpc) is 2.25. The average molecular weight is 286 g/mol. The summed E-state index contributed by atoms with van der Waals surface area (Å²) in [6.45, 7) is 0. The fraction of sp³-hybridized carbons (Fsp3) is 0. The Morgan fingerprint density at radius 1 is 1.13 bits per heavy atom. The van der Waals surface area contributed by atoms with Crippen molar-refractivity contribution in [3.63, 3.8) is 0 Å². The van der Waals surface area contributed by atoms with E-state index in [0.29, 0.717) is 10.8 Å². The van der Waals surface area contributed by atoms with E-state index in [0.717, 1.165) is 4.47 Å². The summed E-state index contributed by atoms with van der Waals surface area (Å²) in [7, 11) is 0. The third-order valence-corrected chi connectivity index (χ3v) is 2.48. The lowest BCUT2D eigenvalue weighted by Crippen LogP contribution is -1.91. The number of hydrogen-bond acceptors (Lipinski definition) is 3. The molecule has 2 aromatic rings. The summed E-state index contributed by atoms with van der Waals surface area (Å²) in [5.41, 5.74) is 0. The molecule has 0 aliphatic rings. The van der Waals surface area contributed by atoms with E-state index in [-0.39, 0.29) is 6.01 Å². The molecule has 0 fully saturated rings. The van der Waals surface area contributed by atoms with E-state index >= 15 is 0 Å². The first-order valence-corrected chi connectivity index (χ1v) is 5.33. The number of rotatable bonds is 2. The second kappa shape index (κ2) is 4.59. The summed E-state index contributed by atoms with van der Waals surface area (Å²) in [6, 6.07) is 7.74. The molecule has 0 bridgehead atoms. The van der Waals surface area contributed by atoms with Gasteiger partial charge in [0.25, 0.3) is 0 Å². The molecule has 0 aliphatic carbocycles. The highest BCUT2D eigenvalue weighted by Crippen LogP contribution is 2.27. The number of hydrogen-bond donors (Lipinski definition) is 0. The van der Waals surface area contributed by atoms with Crippen LogP contribution in [0.3, 0.4) is 0 Å². The molecule has 1 aromatic carbocycles. The zero-order valence-corrected chi connectivity index (χ0v) is 9.86. The zero-order chi connectivity index (χ0) is 10.7. The summed E-state index contributed by atoms with van der Waals surface area (Å²) < 4.78 is 6.29. The van der Waals surface area contributed by atoms with Gasteiger partial charge in [-0.1, -0.05) is 23.7 Å². The van der Waals surface area contributed by atoms with Gasteiger partial charge in [0.1, 0.15) is 5.75 Å². The molecule has 1 aromatic heterocycles. The SMILES string of the molecule is Clc1cnc(Oc2ccccc2Br)nc1. The highest BCUT2D eigenvalue weighted by molar-refractivity contribution is 9.10. The molecule has 0 atom stereocenters. The molecule has 2 rings (SSSR count). The lowest BCUT2D eigenvalue weighted by Gasteiger charge is -2.04. The van der Waals surface area contributed by atoms with E-state index in [1.165, 1.54) is 12.4 Å². The van der Waals surface area contributed by atoms with Crippen LogP contribution in [0.1, 0.15) is 0 Å². The molecule has 76 valence electrons. The van der Waals surface area contributed by atoms with Gasteiger partial charge < -0.3 is 4.74 Å². The molecule has 0 unspecified atom stereocenters. The fourth-order valence-electron chi connectivity index (χ4n) is 0.979. The Morgan fingerprint density at radius 2 is 1.80 bits per heavy atom. The van der Waals surface area contributed by atoms with Crippen molar-refractivity contribution in [2.75, 3.05) is 0 Å². The maximum absolute atomic E-state index is 5.66. The molecule has 0 spiro atoms. The number of ether oxygens (including phenoxy) is 1. The summed E-state index contributed by atoms with van der Waals surface area (Å²) in [5, 5.41) is 0.481. The Kier molecular flexibility index (Phi) is 3.18. The van der Waals surface area contributed by atoms with Gasteiger partial charge in [-0.3, -0.25) is 0 Å². The summed E-state index contributed by atoms with van der Waals surface area (Å²) in [6.07, 6.45) is 2.97. The molecule has 5 heteroatoms. The Balaban J connectivity index is 2.22. The number of halogens is 2. The van der Waals surface area contributed by atoms with Crippen LogP contribution in [0.5, 0.6) is 11.8 Å². The maximum Gasteiger partial charge on any atom is 0.321 e. The predicted molar refractivity (Wildman–Crippen MR) is 61.3 cm³/mol. The largest absolute Gasteiger partial charge is 0.423 e. The topological polar surface area (TPSA) is 35.0 Å². The van der Waals surface area contributed by atoms with E-state index in [2.05, 4.69) is 25.9 Å². The number of para-hydroxylation sites is 1. The fourth-order valence-corrected chi connectivity index (χ4v) is 1.44. The summed E-state index contributed by atoms with van der Waals surface area (Å²) >= 11 is 9.02. The van der Waals surface area contributed by atoms with Gasteiger partial charge in [0.05, 0.1) is 21.9 Å². The van der Waals surface area contributed by atoms with Crippen LogP contribution in [0.4, 0.5) is 0 Å². The van der Waals surface area contributed by atoms with Gasteiger partial charge in [-0.15, -0.1) is 0 Å². The van der Waals surface area contributed by atoms with Crippen LogP contribution in [0.2, 0.25) is 5.02 Å². The van der Waals surface area contributed by atoms with Crippen molar-refractivity contribution in [1.82, 2.24) is 9.97 Å². The third kappa shape index (κ3) is 2.67. The minimum Gasteiger partial charge on any atom is -0.423 e. The van der Waals surface area contributed by atoms with Crippen LogP contribution < -0.4 is 4.74 Å². The first kappa shape index (κ1) is 10.4. The zero-order valence-electron chi connectivity index (χ0n) is 7.52. The summed E-state index contributed by atoms with van der Waals surface area (Å²) in [4.78, 5) is 7.86. The van der Waals surface area contributed by atoms with E-state index in [1.54, 1.807) is 0 Å². The van der Waals surface area contributed by atoms with Gasteiger partial charge in [0, 0.05) is 0 Å². The van der Waals surface area contributed by atoms with Crippen molar-refractivity contribution in [3.8, 4) is 11.8 Å². The lowest BCUT2D eigenvalue weighted by atomic mass is 10.3. The third-order valence-electron chi connectivity index (χ3n) is 1.63. The molecule has 1 heterocycles. The summed E-state index contributed by atoms with van der Waals surface area (Å²) in [5.74, 6) is 0.667. The second-order valence-corrected chi connectivity index (χ2v) is 4.01. The van der Waals surface area contributed by atoms with Gasteiger partial charge in [0.15, 0.2) is 0 Å². The number of benzene rings is 1. The maximum atomic E-state index is 5.66. The van der Waals surface area contributed by atoms with Gasteiger partial charge >= 0.3 is 6.01 Å². The molecule has 0 saturated carbocycles. The van der Waals surface area contributed by atoms with Crippen molar-refractivity contribution in [3.05, 3.63) is 46.2 Å². The van der Waals surface area contributed by atoms with Crippen molar-refractivity contribution in [2.24, 2.45) is 0 Å². The standard InChI is InChI=1S/C10H6BrClN2O/c11-8-3-1-2-4-9(8)15-10-13-5-7(12)6-14-10/h1-6H. The van der Waals surface area contributed by atoms with Gasteiger partial charge in [-0.05, 0) is 28.1 Å². The van der Waals surface area contributed by atoms with Gasteiger partial charge in [-0.25, -0.2) is 9.97 Å². The monoisotopic (exact) mass is 284 g/mol. The quantitative estimate of drug-likeness (QED) is 0.844. The number of aromatic nitrogens is 2. The predicted octanol–water partition coefficient (Wildman–Crippen LogP) is 3.68. The minimum atomic E-state index is 0.270. The Hall–Kier alpha value is -1.13. The normalized spacial score (nSPS) is 10.0. The highest BCUT2D eigenvalue weighted by atomic mass is 79.9. The van der Waals surface area contributed by atoms with Crippen LogP contribution in [-0.2, 0) is 0 Å². The van der Waals surface area contributed by atoms with Crippen molar-refractivity contribution < 1.29 is 4.74 Å². The first-order valence-electron chi connectivity index (χ1n) is 4.15. The Morgan fingerprint density at radius 3 is 2.47 bits per heavy atom. The molecular formula is C10H6BrClN2O. The van der Waals surface area contributed by atoms with Crippen LogP contribution >= 0.6 is 27.5 Å². The van der Waals surface area contributed by atoms with E-state index in [9.17, 15) is 0 Å². The molecular weight excluding hydrogens is 279 g/mol. The van der Waals surface area contributed by atoms with Gasteiger partial charge in [-0.2, -0.15) is 0 Å². The first-order chi connectivity index (χ1) is 7.25. The molecule has 0 saturated heterocycles. The number of nitrogens with zero attached hydrogens (tertiary/aromatic N) is 2. The van der Waals surface area contributed by atoms with Gasteiger partial charge in [0.2, 0.25) is 0 Å². The van der Waals surface area contributed by atoms with Crippen LogP contribution in [-0.4, -0.2) is 9.97 Å². The Labute approximate surface area is 100 Å². The van der Waals surface area contributed by atoms with Crippen molar-refractivity contribution >= 4 is 27.5 Å². The highest BCUT2D eigenvalue weighted by Gasteiger charge is 2.03. The van der Waals surface area contributed by atoms with Crippen LogP contribution in [0, 0.1) is 0 Å². The second-order valence-electron chi connectivity index (χ2n) is 2.72. The van der Waals surface area contributed by atoms with E-state index < -0.39 is 0 Å². The molecule has 0 aliphatic heterocycles. The molecule has 3 nitrogen and oxygen atoms in total. The molecule has 0 amide bonds. The van der Waals surface area contributed by atoms with E-state index in [4.69, 9.17) is 16.3 Å². The smallest absolute Gasteiger partial charge is 0.321 e. The van der Waals surface area contributed by atoms with Crippen molar-refractivity contribution in [2.45, 2.75) is 0 Å². The lowest BCUT2D eigenvalue weighted by molar-refractivity contribution is 0.439. The molecule has 15 heavy (non-hydrogen) atoms.